The number of rotatable bonds is 7. The van der Waals surface area contributed by atoms with Gasteiger partial charge < -0.3 is 20.9 Å². The monoisotopic (exact) mass is 204 g/mol. The molecule has 0 saturated carbocycles. The van der Waals surface area contributed by atoms with Gasteiger partial charge in [-0.15, -0.1) is 0 Å². The second-order valence-electron chi connectivity index (χ2n) is 2.88. The van der Waals surface area contributed by atoms with Gasteiger partial charge in [0.25, 0.3) is 0 Å². The lowest BCUT2D eigenvalue weighted by Gasteiger charge is -2.07. The second-order valence-corrected chi connectivity index (χ2v) is 2.88. The zero-order valence-electron chi connectivity index (χ0n) is 8.16. The van der Waals surface area contributed by atoms with Gasteiger partial charge in [0.05, 0.1) is 6.04 Å². The van der Waals surface area contributed by atoms with Crippen molar-refractivity contribution < 1.29 is 19.4 Å². The van der Waals surface area contributed by atoms with E-state index in [-0.39, 0.29) is 12.5 Å². The van der Waals surface area contributed by atoms with Crippen LogP contribution in [-0.4, -0.2) is 42.8 Å². The van der Waals surface area contributed by atoms with Crippen molar-refractivity contribution in [1.29, 1.82) is 0 Å². The van der Waals surface area contributed by atoms with Crippen LogP contribution in [0.1, 0.15) is 13.3 Å². The minimum Gasteiger partial charge on any atom is -0.480 e. The topological polar surface area (TPSA) is 102 Å². The zero-order valence-corrected chi connectivity index (χ0v) is 8.16. The highest BCUT2D eigenvalue weighted by molar-refractivity contribution is 5.80. The fourth-order valence-electron chi connectivity index (χ4n) is 0.706. The quantitative estimate of drug-likeness (QED) is 0.459. The molecular weight excluding hydrogens is 188 g/mol. The Morgan fingerprint density at radius 1 is 1.57 bits per heavy atom. The third-order valence-corrected chi connectivity index (χ3v) is 1.40. The number of carbonyl (C=O) groups is 2. The molecule has 0 aliphatic carbocycles. The molecule has 0 radical (unpaired) electrons. The molecule has 6 nitrogen and oxygen atoms in total. The summed E-state index contributed by atoms with van der Waals surface area (Å²) in [7, 11) is 0. The minimum absolute atomic E-state index is 0.219. The van der Waals surface area contributed by atoms with E-state index >= 15 is 0 Å². The molecule has 82 valence electrons. The number of hydrogen-bond acceptors (Lipinski definition) is 4. The van der Waals surface area contributed by atoms with Crippen LogP contribution >= 0.6 is 0 Å². The number of ether oxygens (including phenoxy) is 1. The third-order valence-electron chi connectivity index (χ3n) is 1.40. The van der Waals surface area contributed by atoms with E-state index in [9.17, 15) is 9.59 Å². The van der Waals surface area contributed by atoms with Crippen LogP contribution in [0.4, 0.5) is 0 Å². The molecule has 0 rings (SSSR count). The van der Waals surface area contributed by atoms with Crippen molar-refractivity contribution in [2.75, 3.05) is 19.8 Å². The van der Waals surface area contributed by atoms with Gasteiger partial charge in [0.1, 0.15) is 6.61 Å². The molecule has 0 aromatic heterocycles. The van der Waals surface area contributed by atoms with E-state index in [2.05, 4.69) is 5.32 Å². The van der Waals surface area contributed by atoms with E-state index in [1.54, 1.807) is 6.92 Å². The van der Waals surface area contributed by atoms with Gasteiger partial charge in [-0.25, -0.2) is 4.79 Å². The van der Waals surface area contributed by atoms with E-state index in [0.717, 1.165) is 0 Å². The van der Waals surface area contributed by atoms with E-state index < -0.39 is 12.0 Å². The van der Waals surface area contributed by atoms with Crippen molar-refractivity contribution in [3.05, 3.63) is 0 Å². The van der Waals surface area contributed by atoms with Crippen molar-refractivity contribution >= 4 is 11.9 Å². The van der Waals surface area contributed by atoms with Crippen LogP contribution in [0.2, 0.25) is 0 Å². The van der Waals surface area contributed by atoms with Gasteiger partial charge in [-0.2, -0.15) is 0 Å². The average molecular weight is 204 g/mol. The highest BCUT2D eigenvalue weighted by atomic mass is 16.5. The Hall–Kier alpha value is -1.14. The Balaban J connectivity index is 3.22. The molecule has 14 heavy (non-hydrogen) atoms. The fourth-order valence-corrected chi connectivity index (χ4v) is 0.706. The first-order valence-electron chi connectivity index (χ1n) is 4.37. The van der Waals surface area contributed by atoms with Gasteiger partial charge in [0.2, 0.25) is 5.91 Å². The molecule has 0 spiro atoms. The minimum atomic E-state index is -0.996. The largest absolute Gasteiger partial charge is 0.480 e. The Morgan fingerprint density at radius 3 is 2.71 bits per heavy atom. The first kappa shape index (κ1) is 12.9. The SMILES string of the molecule is CC(N)C(=O)NCCCOCC(=O)O. The van der Waals surface area contributed by atoms with Crippen LogP contribution < -0.4 is 11.1 Å². The summed E-state index contributed by atoms with van der Waals surface area (Å²) >= 11 is 0. The standard InChI is InChI=1S/C8H16N2O4/c1-6(9)8(13)10-3-2-4-14-5-7(11)12/h6H,2-5,9H2,1H3,(H,10,13)(H,11,12). The van der Waals surface area contributed by atoms with Gasteiger partial charge >= 0.3 is 5.97 Å². The first-order chi connectivity index (χ1) is 6.54. The summed E-state index contributed by atoms with van der Waals surface area (Å²) in [5.74, 6) is -1.21. The molecule has 0 fully saturated rings. The summed E-state index contributed by atoms with van der Waals surface area (Å²) < 4.78 is 4.76. The summed E-state index contributed by atoms with van der Waals surface area (Å²) in [6.07, 6.45) is 0.575. The van der Waals surface area contributed by atoms with Crippen molar-refractivity contribution in [2.45, 2.75) is 19.4 Å². The number of nitrogens with one attached hydrogen (secondary N) is 1. The van der Waals surface area contributed by atoms with Crippen molar-refractivity contribution in [3.8, 4) is 0 Å². The summed E-state index contributed by atoms with van der Waals surface area (Å²) in [4.78, 5) is 20.9. The summed E-state index contributed by atoms with van der Waals surface area (Å²) in [6, 6.07) is -0.519. The molecule has 1 unspecified atom stereocenters. The van der Waals surface area contributed by atoms with E-state index in [1.807, 2.05) is 0 Å². The highest BCUT2D eigenvalue weighted by Crippen LogP contribution is 1.82. The Bertz CT molecular complexity index is 194. The maximum Gasteiger partial charge on any atom is 0.329 e. The molecule has 0 aliphatic rings. The van der Waals surface area contributed by atoms with Crippen LogP contribution in [0.15, 0.2) is 0 Å². The van der Waals surface area contributed by atoms with Crippen LogP contribution in [0.5, 0.6) is 0 Å². The molecule has 0 aromatic carbocycles. The van der Waals surface area contributed by atoms with Crippen LogP contribution in [-0.2, 0) is 14.3 Å². The second kappa shape index (κ2) is 7.28. The molecule has 1 atom stereocenters. The van der Waals surface area contributed by atoms with Crippen LogP contribution in [0.25, 0.3) is 0 Å². The molecule has 0 aromatic rings. The number of aliphatic carboxylic acids is 1. The predicted octanol–water partition coefficient (Wildman–Crippen LogP) is -1.06. The smallest absolute Gasteiger partial charge is 0.329 e. The molecule has 0 saturated heterocycles. The van der Waals surface area contributed by atoms with Gasteiger partial charge in [-0.3, -0.25) is 4.79 Å². The van der Waals surface area contributed by atoms with E-state index in [1.165, 1.54) is 0 Å². The number of carboxylic acids is 1. The zero-order chi connectivity index (χ0) is 11.0. The third kappa shape index (κ3) is 7.51. The fraction of sp³-hybridized carbons (Fsp3) is 0.750. The lowest BCUT2D eigenvalue weighted by atomic mass is 10.3. The van der Waals surface area contributed by atoms with Crippen molar-refractivity contribution in [3.63, 3.8) is 0 Å². The maximum atomic E-state index is 10.9. The highest BCUT2D eigenvalue weighted by Gasteiger charge is 2.04. The molecule has 1 amide bonds. The molecule has 0 aliphatic heterocycles. The lowest BCUT2D eigenvalue weighted by Crippen LogP contribution is -2.38. The van der Waals surface area contributed by atoms with Crippen LogP contribution in [0, 0.1) is 0 Å². The Labute approximate surface area is 82.4 Å². The van der Waals surface area contributed by atoms with Gasteiger partial charge in [0.15, 0.2) is 0 Å². The number of carboxylic acid groups (broad SMARTS) is 1. The molecular formula is C8H16N2O4. The molecule has 4 N–H and O–H groups in total. The summed E-state index contributed by atoms with van der Waals surface area (Å²) in [6.45, 7) is 2.04. The first-order valence-corrected chi connectivity index (χ1v) is 4.37. The van der Waals surface area contributed by atoms with E-state index in [0.29, 0.717) is 19.6 Å². The van der Waals surface area contributed by atoms with Crippen molar-refractivity contribution in [1.82, 2.24) is 5.32 Å². The maximum absolute atomic E-state index is 10.9. The Kier molecular flexibility index (Phi) is 6.69. The number of carbonyl (C=O) groups excluding carboxylic acids is 1. The number of nitrogens with two attached hydrogens (primary N) is 1. The molecule has 0 heterocycles. The Morgan fingerprint density at radius 2 is 2.21 bits per heavy atom. The summed E-state index contributed by atoms with van der Waals surface area (Å²) in [5.41, 5.74) is 5.30. The van der Waals surface area contributed by atoms with Gasteiger partial charge in [-0.1, -0.05) is 0 Å². The molecule has 0 bridgehead atoms. The van der Waals surface area contributed by atoms with E-state index in [4.69, 9.17) is 15.6 Å². The number of amides is 1. The lowest BCUT2D eigenvalue weighted by molar-refractivity contribution is -0.142. The molecule has 6 heteroatoms. The van der Waals surface area contributed by atoms with Crippen molar-refractivity contribution in [2.24, 2.45) is 5.73 Å². The average Bonchev–Trinajstić information content (AvgIpc) is 2.09. The normalized spacial score (nSPS) is 12.1. The van der Waals surface area contributed by atoms with Crippen LogP contribution in [0.3, 0.4) is 0 Å². The van der Waals surface area contributed by atoms with Gasteiger partial charge in [0, 0.05) is 13.2 Å². The number of hydrogen-bond donors (Lipinski definition) is 3. The van der Waals surface area contributed by atoms with Gasteiger partial charge in [-0.05, 0) is 13.3 Å². The predicted molar refractivity (Wildman–Crippen MR) is 49.7 cm³/mol. The summed E-state index contributed by atoms with van der Waals surface area (Å²) in [5, 5.41) is 10.8.